The molecule has 1 aliphatic heterocycles. The highest BCUT2D eigenvalue weighted by molar-refractivity contribution is 7.99. The van der Waals surface area contributed by atoms with E-state index >= 15 is 0 Å². The minimum atomic E-state index is -0.361. The maximum Gasteiger partial charge on any atom is 0.261 e. The van der Waals surface area contributed by atoms with E-state index in [-0.39, 0.29) is 12.0 Å². The fourth-order valence-electron chi connectivity index (χ4n) is 1.60. The molecule has 5 heteroatoms. The Balaban J connectivity index is 1.95. The molecule has 1 saturated heterocycles. The fraction of sp³-hybridized carbons (Fsp3) is 0.500. The lowest BCUT2D eigenvalue weighted by Crippen LogP contribution is -2.27. The summed E-state index contributed by atoms with van der Waals surface area (Å²) >= 11 is 1.70. The number of nitrogens with one attached hydrogen (secondary N) is 1. The van der Waals surface area contributed by atoms with Crippen molar-refractivity contribution in [3.05, 3.63) is 18.3 Å². The summed E-state index contributed by atoms with van der Waals surface area (Å²) in [5.41, 5.74) is 0. The van der Waals surface area contributed by atoms with Gasteiger partial charge in [-0.2, -0.15) is 0 Å². The minimum Gasteiger partial charge on any atom is -0.479 e. The lowest BCUT2D eigenvalue weighted by atomic mass is 10.3. The smallest absolute Gasteiger partial charge is 0.261 e. The van der Waals surface area contributed by atoms with Crippen molar-refractivity contribution in [3.8, 4) is 5.75 Å². The van der Waals surface area contributed by atoms with Crippen molar-refractivity contribution >= 4 is 17.7 Å². The number of amides is 1. The number of thioether (sulfide) groups is 1. The first-order chi connectivity index (χ1) is 8.15. The number of hydrogen-bond acceptors (Lipinski definition) is 4. The highest BCUT2D eigenvalue weighted by Gasteiger charge is 2.25. The summed E-state index contributed by atoms with van der Waals surface area (Å²) in [7, 11) is 0. The van der Waals surface area contributed by atoms with Gasteiger partial charge in [-0.05, 0) is 12.1 Å². The molecule has 0 aliphatic carbocycles. The molecule has 2 heterocycles. The van der Waals surface area contributed by atoms with Gasteiger partial charge in [-0.1, -0.05) is 13.8 Å². The zero-order valence-electron chi connectivity index (χ0n) is 9.97. The van der Waals surface area contributed by atoms with E-state index in [9.17, 15) is 4.79 Å². The Morgan fingerprint density at radius 1 is 1.53 bits per heavy atom. The van der Waals surface area contributed by atoms with Gasteiger partial charge in [-0.25, -0.2) is 4.98 Å². The molecule has 4 nitrogen and oxygen atoms in total. The van der Waals surface area contributed by atoms with Crippen LogP contribution in [0.3, 0.4) is 0 Å². The van der Waals surface area contributed by atoms with Gasteiger partial charge in [0.2, 0.25) is 0 Å². The van der Waals surface area contributed by atoms with Crippen LogP contribution < -0.4 is 10.1 Å². The monoisotopic (exact) mass is 252 g/mol. The van der Waals surface area contributed by atoms with Crippen molar-refractivity contribution in [1.29, 1.82) is 0 Å². The van der Waals surface area contributed by atoms with Gasteiger partial charge in [0.25, 0.3) is 5.91 Å². The van der Waals surface area contributed by atoms with Gasteiger partial charge in [-0.15, -0.1) is 11.8 Å². The van der Waals surface area contributed by atoms with Crippen LogP contribution in [0.2, 0.25) is 0 Å². The van der Waals surface area contributed by atoms with Crippen LogP contribution >= 0.6 is 11.8 Å². The van der Waals surface area contributed by atoms with Gasteiger partial charge in [0, 0.05) is 18.2 Å². The molecule has 17 heavy (non-hydrogen) atoms. The van der Waals surface area contributed by atoms with Crippen LogP contribution in [-0.4, -0.2) is 28.8 Å². The molecule has 1 N–H and O–H groups in total. The Hall–Kier alpha value is -1.23. The summed E-state index contributed by atoms with van der Waals surface area (Å²) in [5.74, 6) is 0.616. The summed E-state index contributed by atoms with van der Waals surface area (Å²) < 4.78 is 5.56. The highest BCUT2D eigenvalue weighted by atomic mass is 32.2. The molecule has 0 radical (unpaired) electrons. The Morgan fingerprint density at radius 2 is 2.35 bits per heavy atom. The van der Waals surface area contributed by atoms with Gasteiger partial charge in [-0.3, -0.25) is 4.79 Å². The number of nitrogens with zero attached hydrogens (tertiary/aromatic N) is 1. The number of ether oxygens (including phenoxy) is 1. The molecule has 1 amide bonds. The number of rotatable bonds is 4. The van der Waals surface area contributed by atoms with Crippen molar-refractivity contribution in [2.75, 3.05) is 6.54 Å². The Bertz CT molecular complexity index is 392. The summed E-state index contributed by atoms with van der Waals surface area (Å²) in [6.07, 6.45) is 2.04. The third kappa shape index (κ3) is 3.36. The Labute approximate surface area is 105 Å². The summed E-state index contributed by atoms with van der Waals surface area (Å²) in [6.45, 7) is 4.94. The van der Waals surface area contributed by atoms with Crippen LogP contribution in [-0.2, 0) is 4.79 Å². The topological polar surface area (TPSA) is 51.2 Å². The van der Waals surface area contributed by atoms with Crippen molar-refractivity contribution in [2.45, 2.75) is 36.6 Å². The second-order valence-corrected chi connectivity index (χ2v) is 5.78. The molecule has 0 saturated carbocycles. The molecule has 0 unspecified atom stereocenters. The molecule has 1 fully saturated rings. The molecule has 0 aromatic carbocycles. The lowest BCUT2D eigenvalue weighted by Gasteiger charge is -2.11. The molecule has 2 rings (SSSR count). The van der Waals surface area contributed by atoms with E-state index < -0.39 is 0 Å². The predicted octanol–water partition coefficient (Wildman–Crippen LogP) is 1.85. The Kier molecular flexibility index (Phi) is 3.89. The molecular weight excluding hydrogens is 236 g/mol. The zero-order valence-corrected chi connectivity index (χ0v) is 10.8. The van der Waals surface area contributed by atoms with Crippen LogP contribution in [0.4, 0.5) is 0 Å². The molecule has 1 atom stereocenters. The predicted molar refractivity (Wildman–Crippen MR) is 67.3 cm³/mol. The summed E-state index contributed by atoms with van der Waals surface area (Å²) in [4.78, 5) is 15.6. The van der Waals surface area contributed by atoms with E-state index in [0.29, 0.717) is 17.5 Å². The third-order valence-electron chi connectivity index (χ3n) is 2.34. The summed E-state index contributed by atoms with van der Waals surface area (Å²) in [5, 5.41) is 4.22. The average Bonchev–Trinajstić information content (AvgIpc) is 2.67. The van der Waals surface area contributed by atoms with Crippen molar-refractivity contribution in [1.82, 2.24) is 10.3 Å². The first-order valence-corrected chi connectivity index (χ1v) is 6.60. The first kappa shape index (κ1) is 12.2. The van der Waals surface area contributed by atoms with E-state index in [1.54, 1.807) is 18.0 Å². The zero-order chi connectivity index (χ0) is 12.3. The van der Waals surface area contributed by atoms with Crippen molar-refractivity contribution in [3.63, 3.8) is 0 Å². The first-order valence-electron chi connectivity index (χ1n) is 5.72. The standard InChI is InChI=1S/C12H16N2O2S/c1-8(2)17-11-4-3-9(7-14-11)16-10-5-6-13-12(10)15/h3-4,7-8,10H,5-6H2,1-2H3,(H,13,15)/t10-/m1/s1. The van der Waals surface area contributed by atoms with E-state index in [0.717, 1.165) is 11.4 Å². The molecule has 92 valence electrons. The number of carbonyl (C=O) groups is 1. The van der Waals surface area contributed by atoms with Gasteiger partial charge >= 0.3 is 0 Å². The van der Waals surface area contributed by atoms with Crippen molar-refractivity contribution in [2.24, 2.45) is 0 Å². The normalized spacial score (nSPS) is 19.5. The fourth-order valence-corrected chi connectivity index (χ4v) is 2.34. The number of aromatic nitrogens is 1. The quantitative estimate of drug-likeness (QED) is 0.831. The molecule has 1 aliphatic rings. The minimum absolute atomic E-state index is 0.0365. The van der Waals surface area contributed by atoms with Crippen molar-refractivity contribution < 1.29 is 9.53 Å². The van der Waals surface area contributed by atoms with Crippen LogP contribution in [0.15, 0.2) is 23.4 Å². The second kappa shape index (κ2) is 5.40. The highest BCUT2D eigenvalue weighted by Crippen LogP contribution is 2.23. The summed E-state index contributed by atoms with van der Waals surface area (Å²) in [6, 6.07) is 3.79. The van der Waals surface area contributed by atoms with E-state index in [2.05, 4.69) is 24.1 Å². The number of carbonyl (C=O) groups excluding carboxylic acids is 1. The average molecular weight is 252 g/mol. The van der Waals surface area contributed by atoms with Gasteiger partial charge in [0.15, 0.2) is 6.10 Å². The molecule has 0 spiro atoms. The second-order valence-electron chi connectivity index (χ2n) is 4.18. The maximum atomic E-state index is 11.3. The van der Waals surface area contributed by atoms with Crippen LogP contribution in [0, 0.1) is 0 Å². The van der Waals surface area contributed by atoms with E-state index in [1.807, 2.05) is 12.1 Å². The lowest BCUT2D eigenvalue weighted by molar-refractivity contribution is -0.124. The largest absolute Gasteiger partial charge is 0.479 e. The van der Waals surface area contributed by atoms with Crippen LogP contribution in [0.25, 0.3) is 0 Å². The van der Waals surface area contributed by atoms with Gasteiger partial charge in [0.1, 0.15) is 5.75 Å². The molecular formula is C12H16N2O2S. The molecule has 1 aromatic heterocycles. The Morgan fingerprint density at radius 3 is 2.88 bits per heavy atom. The molecule has 1 aromatic rings. The SMILES string of the molecule is CC(C)Sc1ccc(O[C@@H]2CCNC2=O)cn1. The number of pyridine rings is 1. The third-order valence-corrected chi connectivity index (χ3v) is 3.30. The van der Waals surface area contributed by atoms with Gasteiger partial charge < -0.3 is 10.1 Å². The van der Waals surface area contributed by atoms with E-state index in [1.165, 1.54) is 0 Å². The van der Waals surface area contributed by atoms with Gasteiger partial charge in [0.05, 0.1) is 11.2 Å². The number of hydrogen-bond donors (Lipinski definition) is 1. The maximum absolute atomic E-state index is 11.3. The van der Waals surface area contributed by atoms with E-state index in [4.69, 9.17) is 4.74 Å². The molecule has 0 bridgehead atoms. The van der Waals surface area contributed by atoms with Crippen LogP contribution in [0.1, 0.15) is 20.3 Å². The van der Waals surface area contributed by atoms with Crippen LogP contribution in [0.5, 0.6) is 5.75 Å².